The van der Waals surface area contributed by atoms with Gasteiger partial charge in [0.05, 0.1) is 17.1 Å². The summed E-state index contributed by atoms with van der Waals surface area (Å²) in [6.45, 7) is 4.67. The van der Waals surface area contributed by atoms with Crippen molar-refractivity contribution in [3.8, 4) is 0 Å². The number of nitrogens with zero attached hydrogens (tertiary/aromatic N) is 1. The highest BCUT2D eigenvalue weighted by atomic mass is 32.2. The van der Waals surface area contributed by atoms with Crippen molar-refractivity contribution < 1.29 is 8.42 Å². The molecule has 0 saturated carbocycles. The van der Waals surface area contributed by atoms with Gasteiger partial charge in [0.1, 0.15) is 0 Å². The minimum Gasteiger partial charge on any atom is -0.339 e. The van der Waals surface area contributed by atoms with Gasteiger partial charge < -0.3 is 4.90 Å². The monoisotopic (exact) mass is 330 g/mol. The van der Waals surface area contributed by atoms with Crippen molar-refractivity contribution in [3.63, 3.8) is 0 Å². The second-order valence-corrected chi connectivity index (χ2v) is 8.09. The van der Waals surface area contributed by atoms with E-state index in [-0.39, 0.29) is 11.7 Å². The first-order valence-electron chi connectivity index (χ1n) is 7.91. The van der Waals surface area contributed by atoms with Crippen molar-refractivity contribution in [2.24, 2.45) is 5.92 Å². The number of rotatable bonds is 5. The quantitative estimate of drug-likeness (QED) is 0.907. The van der Waals surface area contributed by atoms with E-state index in [0.717, 1.165) is 24.3 Å². The summed E-state index contributed by atoms with van der Waals surface area (Å²) in [5.74, 6) is 0.213. The predicted molar refractivity (Wildman–Crippen MR) is 95.8 cm³/mol. The van der Waals surface area contributed by atoms with Gasteiger partial charge >= 0.3 is 0 Å². The van der Waals surface area contributed by atoms with E-state index in [1.54, 1.807) is 0 Å². The molecule has 2 aromatic carbocycles. The van der Waals surface area contributed by atoms with Crippen molar-refractivity contribution in [2.75, 3.05) is 21.9 Å². The Morgan fingerprint density at radius 1 is 1.04 bits per heavy atom. The molecule has 0 aromatic heterocycles. The van der Waals surface area contributed by atoms with Crippen molar-refractivity contribution in [1.29, 1.82) is 0 Å². The average molecular weight is 330 g/mol. The first kappa shape index (κ1) is 15.9. The lowest BCUT2D eigenvalue weighted by Gasteiger charge is -2.23. The van der Waals surface area contributed by atoms with Gasteiger partial charge in [-0.05, 0) is 36.1 Å². The van der Waals surface area contributed by atoms with E-state index in [9.17, 15) is 8.42 Å². The smallest absolute Gasteiger partial charge is 0.233 e. The third-order valence-electron chi connectivity index (χ3n) is 3.90. The summed E-state index contributed by atoms with van der Waals surface area (Å²) < 4.78 is 27.3. The van der Waals surface area contributed by atoms with Gasteiger partial charge in [0.2, 0.25) is 10.0 Å². The van der Waals surface area contributed by atoms with E-state index >= 15 is 0 Å². The number of hydrogen-bond donors (Lipinski definition) is 1. The van der Waals surface area contributed by atoms with Crippen LogP contribution in [0.25, 0.3) is 0 Å². The molecule has 23 heavy (non-hydrogen) atoms. The standard InChI is InChI=1S/C18H22N2O2S/c1-14(2)13-23(21,22)19-16-8-4-6-10-18(16)20-12-11-15-7-3-5-9-17(15)20/h3-10,14,19H,11-13H2,1-2H3. The van der Waals surface area contributed by atoms with Gasteiger partial charge in [-0.15, -0.1) is 0 Å². The highest BCUT2D eigenvalue weighted by Crippen LogP contribution is 2.38. The van der Waals surface area contributed by atoms with E-state index in [0.29, 0.717) is 5.69 Å². The molecule has 0 bridgehead atoms. The van der Waals surface area contributed by atoms with Crippen LogP contribution >= 0.6 is 0 Å². The van der Waals surface area contributed by atoms with E-state index < -0.39 is 10.0 Å². The van der Waals surface area contributed by atoms with E-state index in [1.807, 2.05) is 50.2 Å². The Morgan fingerprint density at radius 2 is 1.70 bits per heavy atom. The van der Waals surface area contributed by atoms with Crippen LogP contribution in [0, 0.1) is 5.92 Å². The average Bonchev–Trinajstić information content (AvgIpc) is 2.90. The highest BCUT2D eigenvalue weighted by molar-refractivity contribution is 7.92. The molecular formula is C18H22N2O2S. The minimum absolute atomic E-state index is 0.0900. The van der Waals surface area contributed by atoms with E-state index in [1.165, 1.54) is 5.56 Å². The number of sulfonamides is 1. The maximum atomic E-state index is 12.3. The molecule has 0 unspecified atom stereocenters. The van der Waals surface area contributed by atoms with Gasteiger partial charge in [-0.1, -0.05) is 44.2 Å². The fraction of sp³-hybridized carbons (Fsp3) is 0.333. The normalized spacial score (nSPS) is 14.1. The molecule has 1 heterocycles. The van der Waals surface area contributed by atoms with Crippen LogP contribution in [0.5, 0.6) is 0 Å². The van der Waals surface area contributed by atoms with E-state index in [2.05, 4.69) is 21.8 Å². The SMILES string of the molecule is CC(C)CS(=O)(=O)Nc1ccccc1N1CCc2ccccc21. The topological polar surface area (TPSA) is 49.4 Å². The summed E-state index contributed by atoms with van der Waals surface area (Å²) in [6, 6.07) is 15.9. The van der Waals surface area contributed by atoms with Crippen molar-refractivity contribution in [3.05, 3.63) is 54.1 Å². The molecule has 122 valence electrons. The molecule has 4 nitrogen and oxygen atoms in total. The zero-order valence-corrected chi connectivity index (χ0v) is 14.3. The van der Waals surface area contributed by atoms with Gasteiger partial charge in [-0.3, -0.25) is 4.72 Å². The van der Waals surface area contributed by atoms with Crippen LogP contribution in [-0.2, 0) is 16.4 Å². The summed E-state index contributed by atoms with van der Waals surface area (Å²) in [4.78, 5) is 2.18. The Hall–Kier alpha value is -2.01. The van der Waals surface area contributed by atoms with Gasteiger partial charge in [0, 0.05) is 12.2 Å². The lowest BCUT2D eigenvalue weighted by Crippen LogP contribution is -2.22. The molecule has 0 aliphatic carbocycles. The lowest BCUT2D eigenvalue weighted by molar-refractivity contribution is 0.587. The van der Waals surface area contributed by atoms with Gasteiger partial charge in [-0.25, -0.2) is 8.42 Å². The Balaban J connectivity index is 1.94. The summed E-state index contributed by atoms with van der Waals surface area (Å²) >= 11 is 0. The Morgan fingerprint density at radius 3 is 2.43 bits per heavy atom. The van der Waals surface area contributed by atoms with Crippen molar-refractivity contribution in [1.82, 2.24) is 0 Å². The summed E-state index contributed by atoms with van der Waals surface area (Å²) in [5, 5.41) is 0. The fourth-order valence-electron chi connectivity index (χ4n) is 3.03. The Bertz CT molecular complexity index is 800. The molecule has 1 N–H and O–H groups in total. The Labute approximate surface area is 138 Å². The van der Waals surface area contributed by atoms with Crippen LogP contribution in [-0.4, -0.2) is 20.7 Å². The van der Waals surface area contributed by atoms with Crippen LogP contribution in [0.4, 0.5) is 17.1 Å². The molecule has 5 heteroatoms. The van der Waals surface area contributed by atoms with Gasteiger partial charge in [0.25, 0.3) is 0 Å². The van der Waals surface area contributed by atoms with Crippen molar-refractivity contribution in [2.45, 2.75) is 20.3 Å². The number of nitrogens with one attached hydrogen (secondary N) is 1. The molecule has 0 spiro atoms. The van der Waals surface area contributed by atoms with Crippen molar-refractivity contribution >= 4 is 27.1 Å². The maximum Gasteiger partial charge on any atom is 0.233 e. The van der Waals surface area contributed by atoms with Gasteiger partial charge in [-0.2, -0.15) is 0 Å². The molecule has 0 fully saturated rings. The molecule has 1 aliphatic rings. The van der Waals surface area contributed by atoms with Crippen LogP contribution in [0.2, 0.25) is 0 Å². The molecule has 0 amide bonds. The zero-order chi connectivity index (χ0) is 16.4. The zero-order valence-electron chi connectivity index (χ0n) is 13.5. The second-order valence-electron chi connectivity index (χ2n) is 6.32. The molecule has 2 aromatic rings. The third-order valence-corrected chi connectivity index (χ3v) is 5.54. The highest BCUT2D eigenvalue weighted by Gasteiger charge is 2.23. The molecule has 0 radical (unpaired) electrons. The largest absolute Gasteiger partial charge is 0.339 e. The molecule has 1 aliphatic heterocycles. The molecular weight excluding hydrogens is 308 g/mol. The minimum atomic E-state index is -3.34. The second kappa shape index (κ2) is 6.24. The van der Waals surface area contributed by atoms with E-state index in [4.69, 9.17) is 0 Å². The summed E-state index contributed by atoms with van der Waals surface area (Å²) in [5.41, 5.74) is 4.00. The third kappa shape index (κ3) is 3.50. The van der Waals surface area contributed by atoms with Gasteiger partial charge in [0.15, 0.2) is 0 Å². The Kier molecular flexibility index (Phi) is 4.31. The fourth-order valence-corrected chi connectivity index (χ4v) is 4.50. The molecule has 0 atom stereocenters. The lowest BCUT2D eigenvalue weighted by atomic mass is 10.2. The first-order valence-corrected chi connectivity index (χ1v) is 9.56. The predicted octanol–water partition coefficient (Wildman–Crippen LogP) is 3.78. The van der Waals surface area contributed by atoms with Crippen LogP contribution in [0.15, 0.2) is 48.5 Å². The maximum absolute atomic E-state index is 12.3. The summed E-state index contributed by atoms with van der Waals surface area (Å²) in [6.07, 6.45) is 0.975. The number of para-hydroxylation sites is 3. The number of hydrogen-bond acceptors (Lipinski definition) is 3. The van der Waals surface area contributed by atoms with Crippen LogP contribution in [0.3, 0.4) is 0 Å². The van der Waals surface area contributed by atoms with Crippen LogP contribution in [0.1, 0.15) is 19.4 Å². The number of anilines is 3. The molecule has 0 saturated heterocycles. The number of fused-ring (bicyclic) bond motifs is 1. The summed E-state index contributed by atoms with van der Waals surface area (Å²) in [7, 11) is -3.34. The number of benzene rings is 2. The first-order chi connectivity index (χ1) is 11.0. The van der Waals surface area contributed by atoms with Crippen LogP contribution < -0.4 is 9.62 Å². The molecule has 3 rings (SSSR count).